The molecule has 102 valence electrons. The van der Waals surface area contributed by atoms with Crippen LogP contribution in [-0.2, 0) is 6.61 Å². The Morgan fingerprint density at radius 2 is 1.90 bits per heavy atom. The molecule has 0 saturated carbocycles. The second-order valence-electron chi connectivity index (χ2n) is 4.40. The molecule has 0 aliphatic heterocycles. The molecule has 0 spiro atoms. The van der Waals surface area contributed by atoms with E-state index in [1.807, 2.05) is 49.4 Å². The third-order valence-corrected chi connectivity index (χ3v) is 3.25. The summed E-state index contributed by atoms with van der Waals surface area (Å²) in [6.07, 6.45) is 0. The molecule has 0 aromatic heterocycles. The van der Waals surface area contributed by atoms with Gasteiger partial charge in [-0.25, -0.2) is 0 Å². The molecule has 3 heteroatoms. The topological polar surface area (TPSA) is 35.2 Å². The van der Waals surface area contributed by atoms with E-state index in [-0.39, 0.29) is 0 Å². The summed E-state index contributed by atoms with van der Waals surface area (Å²) >= 11 is 5.98. The Kier molecular flexibility index (Phi) is 5.06. The first kappa shape index (κ1) is 14.5. The SMILES string of the molecule is Cc1cc(OCc2ccc(C#CCN)cc2)ccc1Cl. The van der Waals surface area contributed by atoms with Crippen molar-refractivity contribution in [2.24, 2.45) is 5.73 Å². The van der Waals surface area contributed by atoms with Crippen LogP contribution in [0.5, 0.6) is 5.75 Å². The molecule has 0 aliphatic rings. The minimum Gasteiger partial charge on any atom is -0.489 e. The average molecular weight is 286 g/mol. The van der Waals surface area contributed by atoms with E-state index in [9.17, 15) is 0 Å². The summed E-state index contributed by atoms with van der Waals surface area (Å²) in [5, 5.41) is 0.750. The van der Waals surface area contributed by atoms with Gasteiger partial charge in [-0.2, -0.15) is 0 Å². The van der Waals surface area contributed by atoms with Gasteiger partial charge in [-0.05, 0) is 48.4 Å². The third-order valence-electron chi connectivity index (χ3n) is 2.82. The molecule has 0 aliphatic carbocycles. The zero-order valence-corrected chi connectivity index (χ0v) is 12.1. The van der Waals surface area contributed by atoms with Gasteiger partial charge in [0.2, 0.25) is 0 Å². The minimum atomic E-state index is 0.376. The molecule has 20 heavy (non-hydrogen) atoms. The lowest BCUT2D eigenvalue weighted by Crippen LogP contribution is -1.96. The molecule has 0 saturated heterocycles. The maximum atomic E-state index is 5.98. The highest BCUT2D eigenvalue weighted by molar-refractivity contribution is 6.31. The summed E-state index contributed by atoms with van der Waals surface area (Å²) < 4.78 is 5.73. The standard InChI is InChI=1S/C17H16ClNO/c1-13-11-16(8-9-17(13)18)20-12-15-6-4-14(5-7-15)3-2-10-19/h4-9,11H,10,12,19H2,1H3. The first-order chi connectivity index (χ1) is 9.69. The summed E-state index contributed by atoms with van der Waals surface area (Å²) in [5.74, 6) is 6.63. The molecule has 2 rings (SSSR count). The molecule has 0 atom stereocenters. The van der Waals surface area contributed by atoms with Crippen LogP contribution in [0.3, 0.4) is 0 Å². The average Bonchev–Trinajstić information content (AvgIpc) is 2.47. The van der Waals surface area contributed by atoms with Gasteiger partial charge in [0.15, 0.2) is 0 Å². The van der Waals surface area contributed by atoms with Crippen LogP contribution in [-0.4, -0.2) is 6.54 Å². The molecule has 0 fully saturated rings. The first-order valence-corrected chi connectivity index (χ1v) is 6.73. The Labute approximate surface area is 124 Å². The van der Waals surface area contributed by atoms with Crippen molar-refractivity contribution in [3.05, 3.63) is 64.2 Å². The van der Waals surface area contributed by atoms with Crippen LogP contribution in [0.25, 0.3) is 0 Å². The summed E-state index contributed by atoms with van der Waals surface area (Å²) in [4.78, 5) is 0. The predicted molar refractivity (Wildman–Crippen MR) is 82.9 cm³/mol. The smallest absolute Gasteiger partial charge is 0.120 e. The number of hydrogen-bond acceptors (Lipinski definition) is 2. The van der Waals surface area contributed by atoms with Crippen LogP contribution in [0.2, 0.25) is 5.02 Å². The van der Waals surface area contributed by atoms with E-state index in [1.54, 1.807) is 0 Å². The number of aryl methyl sites for hydroxylation is 1. The summed E-state index contributed by atoms with van der Waals surface area (Å²) in [7, 11) is 0. The van der Waals surface area contributed by atoms with Gasteiger partial charge < -0.3 is 10.5 Å². The van der Waals surface area contributed by atoms with Crippen molar-refractivity contribution < 1.29 is 4.74 Å². The zero-order chi connectivity index (χ0) is 14.4. The lowest BCUT2D eigenvalue weighted by atomic mass is 10.1. The molecule has 0 heterocycles. The molecule has 2 aromatic rings. The van der Waals surface area contributed by atoms with Gasteiger partial charge in [0, 0.05) is 10.6 Å². The van der Waals surface area contributed by atoms with Crippen LogP contribution in [0.4, 0.5) is 0 Å². The Morgan fingerprint density at radius 3 is 2.55 bits per heavy atom. The van der Waals surface area contributed by atoms with Gasteiger partial charge in [0.1, 0.15) is 12.4 Å². The van der Waals surface area contributed by atoms with E-state index in [4.69, 9.17) is 22.1 Å². The fraction of sp³-hybridized carbons (Fsp3) is 0.176. The zero-order valence-electron chi connectivity index (χ0n) is 11.3. The molecular formula is C17H16ClNO. The van der Waals surface area contributed by atoms with Crippen LogP contribution < -0.4 is 10.5 Å². The van der Waals surface area contributed by atoms with Gasteiger partial charge in [-0.3, -0.25) is 0 Å². The fourth-order valence-electron chi connectivity index (χ4n) is 1.71. The van der Waals surface area contributed by atoms with Crippen molar-refractivity contribution in [1.82, 2.24) is 0 Å². The third kappa shape index (κ3) is 4.03. The first-order valence-electron chi connectivity index (χ1n) is 6.36. The fourth-order valence-corrected chi connectivity index (χ4v) is 1.83. The monoisotopic (exact) mass is 285 g/mol. The molecule has 2 nitrogen and oxygen atoms in total. The summed E-state index contributed by atoms with van der Waals surface area (Å²) in [6, 6.07) is 13.6. The summed E-state index contributed by atoms with van der Waals surface area (Å²) in [5.41, 5.74) is 8.40. The minimum absolute atomic E-state index is 0.376. The van der Waals surface area contributed by atoms with Crippen molar-refractivity contribution in [2.75, 3.05) is 6.54 Å². The number of hydrogen-bond donors (Lipinski definition) is 1. The lowest BCUT2D eigenvalue weighted by molar-refractivity contribution is 0.306. The van der Waals surface area contributed by atoms with Crippen LogP contribution in [0, 0.1) is 18.8 Å². The molecule has 0 unspecified atom stereocenters. The van der Waals surface area contributed by atoms with Crippen molar-refractivity contribution >= 4 is 11.6 Å². The van der Waals surface area contributed by atoms with E-state index in [0.717, 1.165) is 27.5 Å². The Morgan fingerprint density at radius 1 is 1.15 bits per heavy atom. The maximum Gasteiger partial charge on any atom is 0.120 e. The highest BCUT2D eigenvalue weighted by Gasteiger charge is 1.99. The van der Waals surface area contributed by atoms with Crippen LogP contribution in [0.15, 0.2) is 42.5 Å². The Balaban J connectivity index is 1.98. The molecule has 0 bridgehead atoms. The quantitative estimate of drug-likeness (QED) is 0.876. The van der Waals surface area contributed by atoms with Crippen LogP contribution >= 0.6 is 11.6 Å². The van der Waals surface area contributed by atoms with Crippen LogP contribution in [0.1, 0.15) is 16.7 Å². The van der Waals surface area contributed by atoms with E-state index >= 15 is 0 Å². The molecule has 2 aromatic carbocycles. The number of benzene rings is 2. The van der Waals surface area contributed by atoms with E-state index in [1.165, 1.54) is 0 Å². The van der Waals surface area contributed by atoms with Gasteiger partial charge >= 0.3 is 0 Å². The van der Waals surface area contributed by atoms with Gasteiger partial charge in [0.05, 0.1) is 6.54 Å². The van der Waals surface area contributed by atoms with E-state index < -0.39 is 0 Å². The normalized spacial score (nSPS) is 9.75. The summed E-state index contributed by atoms with van der Waals surface area (Å²) in [6.45, 7) is 2.85. The largest absolute Gasteiger partial charge is 0.489 e. The van der Waals surface area contributed by atoms with E-state index in [0.29, 0.717) is 13.2 Å². The van der Waals surface area contributed by atoms with Crippen molar-refractivity contribution in [1.29, 1.82) is 0 Å². The van der Waals surface area contributed by atoms with Gasteiger partial charge in [-0.1, -0.05) is 35.6 Å². The maximum absolute atomic E-state index is 5.98. The molecule has 0 amide bonds. The number of halogens is 1. The van der Waals surface area contributed by atoms with Gasteiger partial charge in [0.25, 0.3) is 0 Å². The molecular weight excluding hydrogens is 270 g/mol. The number of rotatable bonds is 3. The molecule has 2 N–H and O–H groups in total. The Hall–Kier alpha value is -1.95. The molecule has 0 radical (unpaired) electrons. The Bertz CT molecular complexity index is 638. The van der Waals surface area contributed by atoms with Crippen molar-refractivity contribution in [3.63, 3.8) is 0 Å². The van der Waals surface area contributed by atoms with Crippen molar-refractivity contribution in [2.45, 2.75) is 13.5 Å². The second-order valence-corrected chi connectivity index (χ2v) is 4.81. The highest BCUT2D eigenvalue weighted by atomic mass is 35.5. The van der Waals surface area contributed by atoms with Gasteiger partial charge in [-0.15, -0.1) is 0 Å². The van der Waals surface area contributed by atoms with E-state index in [2.05, 4.69) is 11.8 Å². The number of nitrogens with two attached hydrogens (primary N) is 1. The second kappa shape index (κ2) is 7.00. The number of ether oxygens (including phenoxy) is 1. The van der Waals surface area contributed by atoms with Crippen molar-refractivity contribution in [3.8, 4) is 17.6 Å². The predicted octanol–water partition coefficient (Wildman–Crippen LogP) is 3.54. The highest BCUT2D eigenvalue weighted by Crippen LogP contribution is 2.21. The lowest BCUT2D eigenvalue weighted by Gasteiger charge is -2.08.